The van der Waals surface area contributed by atoms with Gasteiger partial charge in [-0.15, -0.1) is 0 Å². The Kier molecular flexibility index (Phi) is 3.91. The van der Waals surface area contributed by atoms with Crippen LogP contribution < -0.4 is 14.8 Å². The van der Waals surface area contributed by atoms with Crippen LogP contribution in [0.15, 0.2) is 18.3 Å². The number of aryl methyl sites for hydroxylation is 1. The molecule has 1 aromatic carbocycles. The van der Waals surface area contributed by atoms with Crippen LogP contribution in [0.2, 0.25) is 0 Å². The van der Waals surface area contributed by atoms with Gasteiger partial charge < -0.3 is 24.7 Å². The van der Waals surface area contributed by atoms with Crippen molar-refractivity contribution in [2.45, 2.75) is 12.8 Å². The number of H-pyrrole nitrogens is 1. The molecule has 5 heteroatoms. The van der Waals surface area contributed by atoms with E-state index in [9.17, 15) is 0 Å². The van der Waals surface area contributed by atoms with Gasteiger partial charge in [-0.05, 0) is 31.0 Å². The van der Waals surface area contributed by atoms with Crippen LogP contribution in [0, 0.1) is 0 Å². The van der Waals surface area contributed by atoms with Crippen molar-refractivity contribution in [1.29, 1.82) is 0 Å². The van der Waals surface area contributed by atoms with Crippen LogP contribution in [0.25, 0.3) is 10.9 Å². The summed E-state index contributed by atoms with van der Waals surface area (Å²) in [6, 6.07) is 4.18. The molecule has 2 N–H and O–H groups in total. The van der Waals surface area contributed by atoms with Crippen LogP contribution in [0.5, 0.6) is 11.5 Å². The van der Waals surface area contributed by atoms with Crippen LogP contribution >= 0.6 is 0 Å². The lowest BCUT2D eigenvalue weighted by Crippen LogP contribution is -2.43. The third-order valence-electron chi connectivity index (χ3n) is 4.56. The lowest BCUT2D eigenvalue weighted by Gasteiger charge is -2.27. The van der Waals surface area contributed by atoms with Gasteiger partial charge in [-0.25, -0.2) is 0 Å². The lowest BCUT2D eigenvalue weighted by molar-refractivity contribution is 0.172. The Hall–Kier alpha value is -1.72. The van der Waals surface area contributed by atoms with E-state index in [-0.39, 0.29) is 0 Å². The van der Waals surface area contributed by atoms with E-state index in [4.69, 9.17) is 9.47 Å². The van der Waals surface area contributed by atoms with Gasteiger partial charge in [0, 0.05) is 49.3 Å². The van der Waals surface area contributed by atoms with E-state index in [2.05, 4.69) is 33.5 Å². The van der Waals surface area contributed by atoms with Crippen LogP contribution in [-0.2, 0) is 6.42 Å². The molecular weight excluding hydrogens is 278 g/mol. The summed E-state index contributed by atoms with van der Waals surface area (Å²) in [5.41, 5.74) is 2.52. The normalized spacial score (nSPS) is 18.7. The zero-order valence-corrected chi connectivity index (χ0v) is 12.9. The number of hydrogen-bond acceptors (Lipinski definition) is 4. The summed E-state index contributed by atoms with van der Waals surface area (Å²) in [6.07, 6.45) is 4.43. The Morgan fingerprint density at radius 1 is 1.05 bits per heavy atom. The van der Waals surface area contributed by atoms with Crippen molar-refractivity contribution < 1.29 is 9.47 Å². The Morgan fingerprint density at radius 3 is 2.64 bits per heavy atom. The molecule has 0 spiro atoms. The summed E-state index contributed by atoms with van der Waals surface area (Å²) in [7, 11) is 0. The highest BCUT2D eigenvalue weighted by molar-refractivity contribution is 5.86. The van der Waals surface area contributed by atoms with Crippen LogP contribution in [0.4, 0.5) is 0 Å². The topological polar surface area (TPSA) is 49.5 Å². The first-order valence-corrected chi connectivity index (χ1v) is 8.23. The second-order valence-corrected chi connectivity index (χ2v) is 6.05. The van der Waals surface area contributed by atoms with Gasteiger partial charge in [-0.1, -0.05) is 0 Å². The van der Waals surface area contributed by atoms with Gasteiger partial charge in [-0.3, -0.25) is 0 Å². The minimum absolute atomic E-state index is 0.636. The third kappa shape index (κ3) is 2.78. The summed E-state index contributed by atoms with van der Waals surface area (Å²) in [6.45, 7) is 7.04. The Labute approximate surface area is 130 Å². The molecule has 118 valence electrons. The minimum atomic E-state index is 0.636. The monoisotopic (exact) mass is 301 g/mol. The molecule has 0 bridgehead atoms. The number of aromatic amines is 1. The summed E-state index contributed by atoms with van der Waals surface area (Å²) in [4.78, 5) is 5.91. The average molecular weight is 301 g/mol. The Balaban J connectivity index is 1.45. The van der Waals surface area contributed by atoms with Crippen molar-refractivity contribution >= 4 is 10.9 Å². The molecule has 0 radical (unpaired) electrons. The zero-order valence-electron chi connectivity index (χ0n) is 12.9. The molecule has 1 aromatic heterocycles. The maximum Gasteiger partial charge on any atom is 0.163 e. The fraction of sp³-hybridized carbons (Fsp3) is 0.529. The highest BCUT2D eigenvalue weighted by Gasteiger charge is 2.15. The summed E-state index contributed by atoms with van der Waals surface area (Å²) >= 11 is 0. The molecule has 4 rings (SSSR count). The molecule has 0 aliphatic carbocycles. The highest BCUT2D eigenvalue weighted by Crippen LogP contribution is 2.35. The number of ether oxygens (including phenoxy) is 2. The van der Waals surface area contributed by atoms with Gasteiger partial charge in [0.15, 0.2) is 11.5 Å². The van der Waals surface area contributed by atoms with Gasteiger partial charge >= 0.3 is 0 Å². The fourth-order valence-electron chi connectivity index (χ4n) is 3.35. The number of benzene rings is 1. The standard InChI is InChI=1S/C17H23N3O2/c1(5-20-6-3-18-4-7-20)2-13-12-19-15-11-17-16(10-14(13)15)21-8-9-22-17/h10-12,18-19H,1-9H2. The van der Waals surface area contributed by atoms with Crippen molar-refractivity contribution in [2.75, 3.05) is 45.9 Å². The van der Waals surface area contributed by atoms with Gasteiger partial charge in [0.1, 0.15) is 13.2 Å². The summed E-state index contributed by atoms with van der Waals surface area (Å²) in [5, 5.41) is 4.67. The van der Waals surface area contributed by atoms with E-state index in [1.165, 1.54) is 37.0 Å². The predicted octanol–water partition coefficient (Wildman–Crippen LogP) is 1.78. The largest absolute Gasteiger partial charge is 0.486 e. The van der Waals surface area contributed by atoms with Gasteiger partial charge in [0.05, 0.1) is 0 Å². The average Bonchev–Trinajstić information content (AvgIpc) is 2.96. The van der Waals surface area contributed by atoms with Gasteiger partial charge in [0.2, 0.25) is 0 Å². The molecular formula is C17H23N3O2. The summed E-state index contributed by atoms with van der Waals surface area (Å²) < 4.78 is 11.3. The van der Waals surface area contributed by atoms with Crippen molar-refractivity contribution in [1.82, 2.24) is 15.2 Å². The van der Waals surface area contributed by atoms with E-state index in [0.29, 0.717) is 13.2 Å². The Morgan fingerprint density at radius 2 is 1.82 bits per heavy atom. The summed E-state index contributed by atoms with van der Waals surface area (Å²) in [5.74, 6) is 1.73. The fourth-order valence-corrected chi connectivity index (χ4v) is 3.35. The van der Waals surface area contributed by atoms with E-state index in [1.54, 1.807) is 0 Å². The van der Waals surface area contributed by atoms with Crippen LogP contribution in [-0.4, -0.2) is 55.8 Å². The molecule has 0 saturated carbocycles. The quantitative estimate of drug-likeness (QED) is 0.904. The predicted molar refractivity (Wildman–Crippen MR) is 86.9 cm³/mol. The maximum atomic E-state index is 5.70. The van der Waals surface area contributed by atoms with Crippen molar-refractivity contribution in [3.8, 4) is 11.5 Å². The zero-order chi connectivity index (χ0) is 14.8. The molecule has 0 atom stereocenters. The SMILES string of the molecule is c1[nH]c2cc3c(cc2c1CCCN1CCNCC1)OCCO3. The second-order valence-electron chi connectivity index (χ2n) is 6.05. The first-order chi connectivity index (χ1) is 10.9. The number of nitrogens with zero attached hydrogens (tertiary/aromatic N) is 1. The third-order valence-corrected chi connectivity index (χ3v) is 4.56. The van der Waals surface area contributed by atoms with E-state index < -0.39 is 0 Å². The number of hydrogen-bond donors (Lipinski definition) is 2. The van der Waals surface area contributed by atoms with E-state index in [0.717, 1.165) is 36.5 Å². The number of nitrogens with one attached hydrogen (secondary N) is 2. The number of aromatic nitrogens is 1. The minimum Gasteiger partial charge on any atom is -0.486 e. The van der Waals surface area contributed by atoms with Gasteiger partial charge in [0.25, 0.3) is 0 Å². The molecule has 2 aliphatic rings. The van der Waals surface area contributed by atoms with Crippen LogP contribution in [0.1, 0.15) is 12.0 Å². The smallest absolute Gasteiger partial charge is 0.163 e. The highest BCUT2D eigenvalue weighted by atomic mass is 16.6. The molecule has 5 nitrogen and oxygen atoms in total. The Bertz CT molecular complexity index is 647. The first-order valence-electron chi connectivity index (χ1n) is 8.23. The second kappa shape index (κ2) is 6.18. The molecule has 0 unspecified atom stereocenters. The molecule has 1 fully saturated rings. The van der Waals surface area contributed by atoms with Crippen molar-refractivity contribution in [2.24, 2.45) is 0 Å². The van der Waals surface area contributed by atoms with E-state index >= 15 is 0 Å². The van der Waals surface area contributed by atoms with Crippen LogP contribution in [0.3, 0.4) is 0 Å². The molecule has 2 aliphatic heterocycles. The van der Waals surface area contributed by atoms with E-state index in [1.807, 2.05) is 0 Å². The molecule has 3 heterocycles. The molecule has 2 aromatic rings. The molecule has 22 heavy (non-hydrogen) atoms. The van der Waals surface area contributed by atoms with Gasteiger partial charge in [-0.2, -0.15) is 0 Å². The van der Waals surface area contributed by atoms with Crippen molar-refractivity contribution in [3.63, 3.8) is 0 Å². The molecule has 0 amide bonds. The number of piperazine rings is 1. The maximum absolute atomic E-state index is 5.70. The lowest BCUT2D eigenvalue weighted by atomic mass is 10.1. The number of fused-ring (bicyclic) bond motifs is 2. The molecule has 1 saturated heterocycles. The van der Waals surface area contributed by atoms with Crippen molar-refractivity contribution in [3.05, 3.63) is 23.9 Å². The first kappa shape index (κ1) is 13.9. The number of rotatable bonds is 4.